The molecule has 3 rings (SSSR count). The van der Waals surface area contributed by atoms with Crippen LogP contribution in [0.15, 0.2) is 53.2 Å². The normalized spacial score (nSPS) is 20.0. The number of fused-ring (bicyclic) bond motifs is 3. The number of hydrogen-bond donors (Lipinski definition) is 2. The van der Waals surface area contributed by atoms with Crippen molar-refractivity contribution < 1.29 is 9.13 Å². The van der Waals surface area contributed by atoms with Crippen LogP contribution in [0.5, 0.6) is 0 Å². The van der Waals surface area contributed by atoms with E-state index in [0.717, 1.165) is 25.0 Å². The van der Waals surface area contributed by atoms with Gasteiger partial charge in [0.1, 0.15) is 6.61 Å². The summed E-state index contributed by atoms with van der Waals surface area (Å²) in [5.41, 5.74) is 4.91. The summed E-state index contributed by atoms with van der Waals surface area (Å²) in [6.07, 6.45) is 8.63. The van der Waals surface area contributed by atoms with Crippen LogP contribution < -0.4 is 5.32 Å². The predicted octanol–water partition coefficient (Wildman–Crippen LogP) is 5.71. The van der Waals surface area contributed by atoms with Crippen molar-refractivity contribution in [2.75, 3.05) is 32.9 Å². The molecule has 2 aromatic rings. The third-order valence-corrected chi connectivity index (χ3v) is 6.14. The molecule has 0 spiro atoms. The summed E-state index contributed by atoms with van der Waals surface area (Å²) in [5.74, 6) is 0.632. The molecule has 2 N–H and O–H groups in total. The number of nitrogens with zero attached hydrogens (tertiary/aromatic N) is 2. The fourth-order valence-electron chi connectivity index (χ4n) is 4.58. The second-order valence-electron chi connectivity index (χ2n) is 8.71. The van der Waals surface area contributed by atoms with Gasteiger partial charge in [-0.05, 0) is 64.8 Å². The first-order valence-corrected chi connectivity index (χ1v) is 12.2. The Morgan fingerprint density at radius 2 is 2.15 bits per heavy atom. The molecule has 1 unspecified atom stereocenters. The van der Waals surface area contributed by atoms with Crippen LogP contribution in [0.2, 0.25) is 0 Å². The molecule has 180 valence electrons. The van der Waals surface area contributed by atoms with Gasteiger partial charge in [-0.15, -0.1) is 0 Å². The number of benzene rings is 1. The smallest absolute Gasteiger partial charge is 0.215 e. The minimum Gasteiger partial charge on any atom is -0.476 e. The standard InChI is InChI=1S/C27H39FN4O/c1-5-13-30-27(33-17-15-29-14-9-12-28)20(3)18-25-26-23(19-21(4)32(25)16-6-2)22-10-7-8-11-24(22)31-26/h5,7-8,10-11,13,18,21,25,29,31H,6,9,12,14-17,19H2,1-4H3/b13-5-,20-18+,30-27-/t21-,25?/m1/s1. The lowest BCUT2D eigenvalue weighted by molar-refractivity contribution is 0.153. The summed E-state index contributed by atoms with van der Waals surface area (Å²) in [6.45, 7) is 11.1. The molecule has 1 aromatic heterocycles. The Kier molecular flexibility index (Phi) is 9.70. The third kappa shape index (κ3) is 6.33. The molecule has 0 fully saturated rings. The number of ether oxygens (including phenoxy) is 1. The van der Waals surface area contributed by atoms with Gasteiger partial charge in [0.25, 0.3) is 0 Å². The second kappa shape index (κ2) is 12.7. The van der Waals surface area contributed by atoms with Crippen LogP contribution in [0.1, 0.15) is 57.8 Å². The number of hydrogen-bond acceptors (Lipinski definition) is 4. The molecule has 1 aliphatic heterocycles. The highest BCUT2D eigenvalue weighted by molar-refractivity contribution is 5.93. The van der Waals surface area contributed by atoms with Crippen molar-refractivity contribution in [2.24, 2.45) is 4.99 Å². The highest BCUT2D eigenvalue weighted by atomic mass is 19.1. The number of H-pyrrole nitrogens is 1. The largest absolute Gasteiger partial charge is 0.476 e. The minimum atomic E-state index is -0.298. The number of aromatic amines is 1. The lowest BCUT2D eigenvalue weighted by atomic mass is 9.91. The summed E-state index contributed by atoms with van der Waals surface area (Å²) in [5, 5.41) is 4.53. The highest BCUT2D eigenvalue weighted by Crippen LogP contribution is 2.38. The molecular weight excluding hydrogens is 415 g/mol. The topological polar surface area (TPSA) is 52.6 Å². The zero-order valence-corrected chi connectivity index (χ0v) is 20.5. The Bertz CT molecular complexity index is 978. The van der Waals surface area contributed by atoms with E-state index >= 15 is 0 Å². The average molecular weight is 455 g/mol. The maximum Gasteiger partial charge on any atom is 0.215 e. The Hall–Kier alpha value is -2.44. The van der Waals surface area contributed by atoms with E-state index in [9.17, 15) is 4.39 Å². The van der Waals surface area contributed by atoms with Gasteiger partial charge in [0.15, 0.2) is 0 Å². The Morgan fingerprint density at radius 3 is 2.91 bits per heavy atom. The number of aliphatic imine (C=N–C) groups is 1. The number of alkyl halides is 1. The van der Waals surface area contributed by atoms with Crippen LogP contribution >= 0.6 is 0 Å². The van der Waals surface area contributed by atoms with Gasteiger partial charge in [0, 0.05) is 41.0 Å². The predicted molar refractivity (Wildman–Crippen MR) is 137 cm³/mol. The summed E-state index contributed by atoms with van der Waals surface area (Å²) in [7, 11) is 0. The fourth-order valence-corrected chi connectivity index (χ4v) is 4.58. The molecule has 1 aromatic carbocycles. The molecule has 0 bridgehead atoms. The fraction of sp³-hybridized carbons (Fsp3) is 0.519. The zero-order valence-electron chi connectivity index (χ0n) is 20.5. The van der Waals surface area contributed by atoms with Crippen LogP contribution in [-0.2, 0) is 11.2 Å². The molecule has 5 nitrogen and oxygen atoms in total. The number of rotatable bonds is 11. The maximum absolute atomic E-state index is 12.3. The van der Waals surface area contributed by atoms with Crippen LogP contribution in [0, 0.1) is 0 Å². The van der Waals surface area contributed by atoms with Crippen molar-refractivity contribution in [3.8, 4) is 0 Å². The lowest BCUT2D eigenvalue weighted by Gasteiger charge is -2.39. The van der Waals surface area contributed by atoms with Crippen molar-refractivity contribution in [3.05, 3.63) is 59.4 Å². The number of nitrogens with one attached hydrogen (secondary N) is 2. The summed E-state index contributed by atoms with van der Waals surface area (Å²) in [6, 6.07) is 9.17. The van der Waals surface area contributed by atoms with Gasteiger partial charge in [-0.1, -0.05) is 37.3 Å². The summed E-state index contributed by atoms with van der Waals surface area (Å²) >= 11 is 0. The van der Waals surface area contributed by atoms with Crippen LogP contribution in [0.3, 0.4) is 0 Å². The summed E-state index contributed by atoms with van der Waals surface area (Å²) < 4.78 is 18.3. The van der Waals surface area contributed by atoms with Crippen molar-refractivity contribution in [1.29, 1.82) is 0 Å². The van der Waals surface area contributed by atoms with E-state index in [0.29, 0.717) is 38.1 Å². The van der Waals surface area contributed by atoms with Gasteiger partial charge in [-0.3, -0.25) is 9.29 Å². The quantitative estimate of drug-likeness (QED) is 0.260. The van der Waals surface area contributed by atoms with E-state index in [2.05, 4.69) is 71.3 Å². The molecule has 33 heavy (non-hydrogen) atoms. The van der Waals surface area contributed by atoms with Crippen molar-refractivity contribution >= 4 is 16.8 Å². The molecule has 6 heteroatoms. The molecule has 0 saturated heterocycles. The molecule has 0 radical (unpaired) electrons. The second-order valence-corrected chi connectivity index (χ2v) is 8.71. The van der Waals surface area contributed by atoms with Gasteiger partial charge in [-0.25, -0.2) is 4.99 Å². The van der Waals surface area contributed by atoms with Gasteiger partial charge < -0.3 is 15.0 Å². The molecule has 2 atom stereocenters. The number of allylic oxidation sites excluding steroid dienone is 1. The molecule has 0 aliphatic carbocycles. The number of halogens is 1. The van der Waals surface area contributed by atoms with Gasteiger partial charge in [0.2, 0.25) is 5.90 Å². The molecular formula is C27H39FN4O. The van der Waals surface area contributed by atoms with E-state index in [1.54, 1.807) is 6.20 Å². The monoisotopic (exact) mass is 454 g/mol. The van der Waals surface area contributed by atoms with E-state index in [-0.39, 0.29) is 12.7 Å². The van der Waals surface area contributed by atoms with Crippen molar-refractivity contribution in [3.63, 3.8) is 0 Å². The molecule has 0 saturated carbocycles. The number of aromatic nitrogens is 1. The van der Waals surface area contributed by atoms with E-state index in [4.69, 9.17) is 4.74 Å². The van der Waals surface area contributed by atoms with E-state index < -0.39 is 0 Å². The van der Waals surface area contributed by atoms with Crippen molar-refractivity contribution in [2.45, 2.75) is 59.0 Å². The van der Waals surface area contributed by atoms with Crippen molar-refractivity contribution in [1.82, 2.24) is 15.2 Å². The van der Waals surface area contributed by atoms with E-state index in [1.165, 1.54) is 22.2 Å². The van der Waals surface area contributed by atoms with Gasteiger partial charge >= 0.3 is 0 Å². The molecule has 0 amide bonds. The van der Waals surface area contributed by atoms with Gasteiger partial charge in [-0.2, -0.15) is 0 Å². The number of para-hydroxylation sites is 1. The third-order valence-electron chi connectivity index (χ3n) is 6.14. The SMILES string of the molecule is C\C=C/N=C(OCCNCCCF)/C(C)=C/C1c2[nH]c3ccccc3c2C[C@@H](C)N1CCC. The van der Waals surface area contributed by atoms with Crippen LogP contribution in [-0.4, -0.2) is 54.7 Å². The Morgan fingerprint density at radius 1 is 1.33 bits per heavy atom. The highest BCUT2D eigenvalue weighted by Gasteiger charge is 2.33. The first kappa shape index (κ1) is 25.2. The van der Waals surface area contributed by atoms with E-state index in [1.807, 2.05) is 13.0 Å². The molecule has 1 aliphatic rings. The first-order chi connectivity index (χ1) is 16.1. The van der Waals surface area contributed by atoms with Gasteiger partial charge in [0.05, 0.1) is 12.7 Å². The Labute approximate surface area is 197 Å². The Balaban J connectivity index is 1.89. The summed E-state index contributed by atoms with van der Waals surface area (Å²) in [4.78, 5) is 10.8. The lowest BCUT2D eigenvalue weighted by Crippen LogP contribution is -2.42. The average Bonchev–Trinajstić information content (AvgIpc) is 3.18. The van der Waals surface area contributed by atoms with Crippen LogP contribution in [0.25, 0.3) is 10.9 Å². The zero-order chi connectivity index (χ0) is 23.6. The molecule has 2 heterocycles. The minimum absolute atomic E-state index is 0.137. The van der Waals surface area contributed by atoms with Crippen LogP contribution in [0.4, 0.5) is 4.39 Å². The maximum atomic E-state index is 12.3. The first-order valence-electron chi connectivity index (χ1n) is 12.2.